The van der Waals surface area contributed by atoms with Gasteiger partial charge in [-0.25, -0.2) is 14.8 Å². The fourth-order valence-corrected chi connectivity index (χ4v) is 6.77. The first-order chi connectivity index (χ1) is 24.4. The van der Waals surface area contributed by atoms with Crippen molar-refractivity contribution in [2.24, 2.45) is 16.7 Å². The molecule has 1 saturated carbocycles. The van der Waals surface area contributed by atoms with Gasteiger partial charge in [0.1, 0.15) is 17.2 Å². The van der Waals surface area contributed by atoms with E-state index in [9.17, 15) is 14.4 Å². The summed E-state index contributed by atoms with van der Waals surface area (Å²) in [7, 11) is 0. The lowest BCUT2D eigenvalue weighted by atomic mass is 9.82. The van der Waals surface area contributed by atoms with Gasteiger partial charge in [-0.3, -0.25) is 9.59 Å². The molecule has 0 saturated heterocycles. The van der Waals surface area contributed by atoms with Crippen molar-refractivity contribution < 1.29 is 19.1 Å². The summed E-state index contributed by atoms with van der Waals surface area (Å²) in [6.07, 6.45) is 7.14. The first-order valence-corrected chi connectivity index (χ1v) is 18.2. The van der Waals surface area contributed by atoms with Crippen LogP contribution in [0.5, 0.6) is 0 Å². The molecule has 2 aromatic heterocycles. The fourth-order valence-electron chi connectivity index (χ4n) is 6.77. The highest BCUT2D eigenvalue weighted by molar-refractivity contribution is 5.81. The maximum absolute atomic E-state index is 13.8. The van der Waals surface area contributed by atoms with Gasteiger partial charge in [0.05, 0.1) is 41.8 Å². The predicted octanol–water partition coefficient (Wildman–Crippen LogP) is 8.25. The van der Waals surface area contributed by atoms with Crippen molar-refractivity contribution in [3.63, 3.8) is 0 Å². The topological polar surface area (TPSA) is 154 Å². The second-order valence-electron chi connectivity index (χ2n) is 17.1. The molecular weight excluding hydrogens is 654 g/mol. The Morgan fingerprint density at radius 1 is 0.731 bits per heavy atom. The van der Waals surface area contributed by atoms with Crippen LogP contribution in [-0.2, 0) is 14.3 Å². The number of aromatic nitrogens is 4. The highest BCUT2D eigenvalue weighted by Crippen LogP contribution is 2.35. The van der Waals surface area contributed by atoms with Crippen molar-refractivity contribution in [3.8, 4) is 33.6 Å². The summed E-state index contributed by atoms with van der Waals surface area (Å²) in [4.78, 5) is 53.7. The van der Waals surface area contributed by atoms with Gasteiger partial charge in [-0.2, -0.15) is 0 Å². The first-order valence-electron chi connectivity index (χ1n) is 18.2. The summed E-state index contributed by atoms with van der Waals surface area (Å²) < 4.78 is 5.48. The molecule has 4 aromatic rings. The van der Waals surface area contributed by atoms with Crippen LogP contribution in [0.2, 0.25) is 0 Å². The van der Waals surface area contributed by atoms with Crippen LogP contribution in [0.1, 0.15) is 112 Å². The van der Waals surface area contributed by atoms with Crippen LogP contribution < -0.4 is 16.0 Å². The number of hydrogen-bond donors (Lipinski definition) is 5. The van der Waals surface area contributed by atoms with Gasteiger partial charge < -0.3 is 30.7 Å². The molecule has 2 aromatic carbocycles. The molecule has 1 aliphatic carbocycles. The Bertz CT molecular complexity index is 1820. The Morgan fingerprint density at radius 2 is 1.19 bits per heavy atom. The number of carbonyl (C=O) groups is 3. The van der Waals surface area contributed by atoms with Crippen molar-refractivity contribution in [1.82, 2.24) is 35.9 Å². The zero-order valence-corrected chi connectivity index (χ0v) is 32.0. The first kappa shape index (κ1) is 38.3. The molecule has 0 bridgehead atoms. The molecule has 4 atom stereocenters. The molecule has 4 unspecified atom stereocenters. The monoisotopic (exact) mass is 709 g/mol. The number of H-pyrrole nitrogens is 2. The van der Waals surface area contributed by atoms with E-state index < -0.39 is 11.7 Å². The summed E-state index contributed by atoms with van der Waals surface area (Å²) >= 11 is 0. The molecule has 0 spiro atoms. The Hall–Kier alpha value is -4.93. The number of amides is 3. The minimum Gasteiger partial charge on any atom is -0.444 e. The number of ether oxygens (including phenoxy) is 1. The van der Waals surface area contributed by atoms with Crippen LogP contribution in [0.4, 0.5) is 4.79 Å². The number of alkyl carbamates (subject to hydrolysis) is 1. The van der Waals surface area contributed by atoms with Crippen molar-refractivity contribution in [1.29, 1.82) is 0 Å². The minimum atomic E-state index is -0.613. The number of rotatable bonds is 10. The number of benzene rings is 2. The van der Waals surface area contributed by atoms with E-state index in [-0.39, 0.29) is 40.8 Å². The van der Waals surface area contributed by atoms with Gasteiger partial charge in [-0.05, 0) is 66.7 Å². The lowest BCUT2D eigenvalue weighted by Crippen LogP contribution is -2.51. The van der Waals surface area contributed by atoms with E-state index in [1.807, 2.05) is 27.0 Å². The molecule has 11 nitrogen and oxygen atoms in total. The molecule has 3 amide bonds. The number of nitrogens with one attached hydrogen (secondary N) is 5. The third-order valence-corrected chi connectivity index (χ3v) is 9.52. The van der Waals surface area contributed by atoms with Gasteiger partial charge in [0, 0.05) is 6.04 Å². The molecule has 0 aliphatic heterocycles. The zero-order chi connectivity index (χ0) is 37.8. The standard InChI is InChI=1S/C41H55N7O4/c1-39(2,3)33(44-24-49)35-42-22-31(45-35)27-18-14-25(15-19-27)26-16-20-28(21-17-26)32-23-43-36(46-32)34(40(4,5)6)48-37(50)29-12-10-11-13-30(29)47-38(51)52-41(7,8)9/h14-24,29-30,33-34H,10-13H2,1-9H3,(H,42,45)(H,43,46)(H,44,49)(H,47,51)(H,48,50). The highest BCUT2D eigenvalue weighted by atomic mass is 16.6. The van der Waals surface area contributed by atoms with E-state index in [1.54, 1.807) is 6.20 Å². The van der Waals surface area contributed by atoms with Crippen LogP contribution >= 0.6 is 0 Å². The normalized spacial score (nSPS) is 17.9. The van der Waals surface area contributed by atoms with Crippen LogP contribution in [0.25, 0.3) is 33.6 Å². The molecule has 52 heavy (non-hydrogen) atoms. The van der Waals surface area contributed by atoms with Crippen molar-refractivity contribution in [2.75, 3.05) is 0 Å². The highest BCUT2D eigenvalue weighted by Gasteiger charge is 2.37. The summed E-state index contributed by atoms with van der Waals surface area (Å²) in [5.41, 5.74) is 4.73. The van der Waals surface area contributed by atoms with Gasteiger partial charge in [0.25, 0.3) is 0 Å². The van der Waals surface area contributed by atoms with E-state index in [0.29, 0.717) is 12.2 Å². The second kappa shape index (κ2) is 15.4. The SMILES string of the molecule is CC(C)(C)OC(=O)NC1CCCCC1C(=O)NC(c1ncc(-c2ccc(-c3ccc(-c4cnc(C(NC=O)C(C)(C)C)[nH]4)cc3)cc2)[nH]1)C(C)(C)C. The molecule has 1 fully saturated rings. The van der Waals surface area contributed by atoms with Crippen molar-refractivity contribution in [3.05, 3.63) is 72.6 Å². The molecule has 278 valence electrons. The van der Waals surface area contributed by atoms with Crippen LogP contribution in [0.15, 0.2) is 60.9 Å². The lowest BCUT2D eigenvalue weighted by Gasteiger charge is -2.35. The van der Waals surface area contributed by atoms with Crippen molar-refractivity contribution in [2.45, 2.75) is 112 Å². The summed E-state index contributed by atoms with van der Waals surface area (Å²) in [5, 5.41) is 9.12. The van der Waals surface area contributed by atoms with E-state index in [0.717, 1.165) is 65.1 Å². The van der Waals surface area contributed by atoms with Gasteiger partial charge in [-0.15, -0.1) is 0 Å². The molecule has 0 radical (unpaired) electrons. The lowest BCUT2D eigenvalue weighted by molar-refractivity contribution is -0.128. The van der Waals surface area contributed by atoms with Gasteiger partial charge in [-0.1, -0.05) is 103 Å². The molecule has 11 heteroatoms. The van der Waals surface area contributed by atoms with Gasteiger partial charge in [0.15, 0.2) is 0 Å². The molecule has 5 N–H and O–H groups in total. The Morgan fingerprint density at radius 3 is 1.65 bits per heavy atom. The summed E-state index contributed by atoms with van der Waals surface area (Å²) in [5.74, 6) is 0.954. The van der Waals surface area contributed by atoms with Crippen LogP contribution in [0.3, 0.4) is 0 Å². The maximum Gasteiger partial charge on any atom is 0.407 e. The molecular formula is C41H55N7O4. The molecule has 1 aliphatic rings. The van der Waals surface area contributed by atoms with E-state index in [2.05, 4.69) is 121 Å². The molecule has 2 heterocycles. The van der Waals surface area contributed by atoms with E-state index >= 15 is 0 Å². The predicted molar refractivity (Wildman–Crippen MR) is 204 cm³/mol. The summed E-state index contributed by atoms with van der Waals surface area (Å²) in [6, 6.07) is 15.7. The number of carbonyl (C=O) groups excluding carboxylic acids is 3. The number of hydrogen-bond acceptors (Lipinski definition) is 6. The largest absolute Gasteiger partial charge is 0.444 e. The quantitative estimate of drug-likeness (QED) is 0.105. The van der Waals surface area contributed by atoms with Crippen LogP contribution in [0, 0.1) is 16.7 Å². The average Bonchev–Trinajstić information content (AvgIpc) is 3.75. The van der Waals surface area contributed by atoms with E-state index in [4.69, 9.17) is 9.72 Å². The van der Waals surface area contributed by atoms with Crippen LogP contribution in [-0.4, -0.2) is 50.0 Å². The fraction of sp³-hybridized carbons (Fsp3) is 0.488. The smallest absolute Gasteiger partial charge is 0.407 e. The zero-order valence-electron chi connectivity index (χ0n) is 32.0. The average molecular weight is 710 g/mol. The Labute approximate surface area is 307 Å². The third kappa shape index (κ3) is 9.48. The maximum atomic E-state index is 13.8. The third-order valence-electron chi connectivity index (χ3n) is 9.52. The minimum absolute atomic E-state index is 0.0917. The number of imidazole rings is 2. The van der Waals surface area contributed by atoms with Gasteiger partial charge in [0.2, 0.25) is 12.3 Å². The Kier molecular flexibility index (Phi) is 11.3. The molecule has 5 rings (SSSR count). The Balaban J connectivity index is 1.27. The second-order valence-corrected chi connectivity index (χ2v) is 17.1. The number of aromatic amines is 2. The van der Waals surface area contributed by atoms with Crippen molar-refractivity contribution >= 4 is 18.4 Å². The summed E-state index contributed by atoms with van der Waals surface area (Å²) in [6.45, 7) is 17.9. The number of nitrogens with zero attached hydrogens (tertiary/aromatic N) is 2. The van der Waals surface area contributed by atoms with E-state index in [1.165, 1.54) is 0 Å². The van der Waals surface area contributed by atoms with Gasteiger partial charge >= 0.3 is 6.09 Å².